The van der Waals surface area contributed by atoms with Crippen molar-refractivity contribution in [1.29, 1.82) is 0 Å². The van der Waals surface area contributed by atoms with E-state index in [2.05, 4.69) is 40.3 Å². The van der Waals surface area contributed by atoms with Crippen molar-refractivity contribution < 1.29 is 14.3 Å². The van der Waals surface area contributed by atoms with Gasteiger partial charge >= 0.3 is 5.97 Å². The molecule has 1 aromatic heterocycles. The normalized spacial score (nSPS) is 10.1. The Hall–Kier alpha value is -4.24. The summed E-state index contributed by atoms with van der Waals surface area (Å²) in [4.78, 5) is 15.5. The zero-order chi connectivity index (χ0) is 25.6. The van der Waals surface area contributed by atoms with Crippen LogP contribution < -0.4 is 15.6 Å². The third-order valence-electron chi connectivity index (χ3n) is 5.31. The molecule has 6 heteroatoms. The number of nitrogens with one attached hydrogen (secondary N) is 2. The molecule has 0 aliphatic rings. The predicted molar refractivity (Wildman–Crippen MR) is 145 cm³/mol. The van der Waals surface area contributed by atoms with Crippen LogP contribution in [0, 0.1) is 18.8 Å². The van der Waals surface area contributed by atoms with Crippen LogP contribution in [0.25, 0.3) is 0 Å². The van der Waals surface area contributed by atoms with Crippen molar-refractivity contribution in [3.8, 4) is 17.6 Å². The van der Waals surface area contributed by atoms with Gasteiger partial charge in [-0.2, -0.15) is 0 Å². The Balaban J connectivity index is 1.35. The summed E-state index contributed by atoms with van der Waals surface area (Å²) in [6.45, 7) is 8.36. The molecular formula is C30H33N3O3. The lowest BCUT2D eigenvalue weighted by Crippen LogP contribution is -2.08. The highest BCUT2D eigenvalue weighted by Gasteiger charge is 2.02. The van der Waals surface area contributed by atoms with E-state index in [1.165, 1.54) is 0 Å². The van der Waals surface area contributed by atoms with Crippen LogP contribution in [0.1, 0.15) is 49.4 Å². The number of hydrogen-bond donors (Lipinski definition) is 2. The highest BCUT2D eigenvalue weighted by atomic mass is 16.5. The Morgan fingerprint density at radius 3 is 2.33 bits per heavy atom. The number of unbranched alkanes of at least 4 members (excludes halogenated alkanes) is 3. The van der Waals surface area contributed by atoms with Crippen molar-refractivity contribution in [2.24, 2.45) is 0 Å². The van der Waals surface area contributed by atoms with E-state index in [1.807, 2.05) is 61.5 Å². The number of aromatic nitrogens is 1. The molecule has 186 valence electrons. The maximum absolute atomic E-state index is 11.3. The fourth-order valence-corrected chi connectivity index (χ4v) is 3.26. The lowest BCUT2D eigenvalue weighted by Gasteiger charge is -2.12. The molecule has 0 unspecified atom stereocenters. The highest BCUT2D eigenvalue weighted by Crippen LogP contribution is 2.18. The minimum Gasteiger partial charge on any atom is -0.494 e. The Labute approximate surface area is 213 Å². The average Bonchev–Trinajstić information content (AvgIpc) is 2.89. The van der Waals surface area contributed by atoms with Gasteiger partial charge in [-0.25, -0.2) is 9.78 Å². The van der Waals surface area contributed by atoms with Gasteiger partial charge in [0.1, 0.15) is 11.4 Å². The van der Waals surface area contributed by atoms with Gasteiger partial charge in [0.2, 0.25) is 0 Å². The standard InChI is InChI=1S/C30H33N3O3/c1-23(2)30(34)36-21-9-5-4-8-20-35-29-17-15-27(16-18-29)32-33-28-14-12-25(24(3)22-28)11-13-26-10-6-7-19-31-26/h6-7,10,12,14-19,22,32-33H,1,4-5,8-9,20-21H2,2-3H3. The van der Waals surface area contributed by atoms with E-state index in [4.69, 9.17) is 9.47 Å². The molecule has 0 saturated carbocycles. The summed E-state index contributed by atoms with van der Waals surface area (Å²) < 4.78 is 10.9. The molecule has 0 spiro atoms. The van der Waals surface area contributed by atoms with Gasteiger partial charge in [-0.1, -0.05) is 18.6 Å². The van der Waals surface area contributed by atoms with E-state index in [-0.39, 0.29) is 5.97 Å². The minimum atomic E-state index is -0.318. The summed E-state index contributed by atoms with van der Waals surface area (Å²) >= 11 is 0. The molecule has 6 nitrogen and oxygen atoms in total. The van der Waals surface area contributed by atoms with Gasteiger partial charge < -0.3 is 20.3 Å². The maximum atomic E-state index is 11.3. The lowest BCUT2D eigenvalue weighted by atomic mass is 10.1. The van der Waals surface area contributed by atoms with E-state index in [0.717, 1.165) is 59.6 Å². The van der Waals surface area contributed by atoms with Crippen LogP contribution >= 0.6 is 0 Å². The number of aryl methyl sites for hydroxylation is 1. The summed E-state index contributed by atoms with van der Waals surface area (Å²) in [5.41, 5.74) is 11.6. The topological polar surface area (TPSA) is 72.5 Å². The van der Waals surface area contributed by atoms with Gasteiger partial charge in [-0.05, 0) is 106 Å². The highest BCUT2D eigenvalue weighted by molar-refractivity contribution is 5.86. The number of anilines is 2. The van der Waals surface area contributed by atoms with Gasteiger partial charge in [-0.3, -0.25) is 0 Å². The van der Waals surface area contributed by atoms with Gasteiger partial charge in [-0.15, -0.1) is 0 Å². The van der Waals surface area contributed by atoms with Crippen LogP contribution in [0.5, 0.6) is 5.75 Å². The molecule has 0 fully saturated rings. The van der Waals surface area contributed by atoms with Crippen LogP contribution in [0.3, 0.4) is 0 Å². The fraction of sp³-hybridized carbons (Fsp3) is 0.267. The van der Waals surface area contributed by atoms with Crippen LogP contribution in [0.2, 0.25) is 0 Å². The average molecular weight is 484 g/mol. The molecule has 0 atom stereocenters. The molecule has 0 aliphatic carbocycles. The molecule has 36 heavy (non-hydrogen) atoms. The number of carbonyl (C=O) groups excluding carboxylic acids is 1. The summed E-state index contributed by atoms with van der Waals surface area (Å²) in [5.74, 6) is 6.79. The first-order valence-corrected chi connectivity index (χ1v) is 12.1. The van der Waals surface area contributed by atoms with Crippen LogP contribution in [0.15, 0.2) is 79.0 Å². The Bertz CT molecular complexity index is 1200. The second kappa shape index (κ2) is 14.2. The molecule has 0 bridgehead atoms. The largest absolute Gasteiger partial charge is 0.494 e. The van der Waals surface area contributed by atoms with E-state index in [9.17, 15) is 4.79 Å². The predicted octanol–water partition coefficient (Wildman–Crippen LogP) is 6.29. The number of hydrazine groups is 1. The smallest absolute Gasteiger partial charge is 0.333 e. The number of benzene rings is 2. The molecule has 3 rings (SSSR count). The van der Waals surface area contributed by atoms with Gasteiger partial charge in [0, 0.05) is 17.3 Å². The summed E-state index contributed by atoms with van der Waals surface area (Å²) in [5, 5.41) is 0. The maximum Gasteiger partial charge on any atom is 0.333 e. The van der Waals surface area contributed by atoms with Crippen molar-refractivity contribution in [3.05, 3.63) is 95.8 Å². The molecule has 0 aliphatic heterocycles. The Morgan fingerprint density at radius 2 is 1.64 bits per heavy atom. The first-order chi connectivity index (χ1) is 17.5. The number of nitrogens with zero attached hydrogens (tertiary/aromatic N) is 1. The van der Waals surface area contributed by atoms with Crippen molar-refractivity contribution in [1.82, 2.24) is 4.98 Å². The third-order valence-corrected chi connectivity index (χ3v) is 5.31. The van der Waals surface area contributed by atoms with Crippen molar-refractivity contribution in [2.45, 2.75) is 39.5 Å². The van der Waals surface area contributed by atoms with E-state index >= 15 is 0 Å². The summed E-state index contributed by atoms with van der Waals surface area (Å²) in [6.07, 6.45) is 5.58. The van der Waals surface area contributed by atoms with Crippen LogP contribution in [-0.2, 0) is 9.53 Å². The zero-order valence-corrected chi connectivity index (χ0v) is 21.0. The Kier molecular flexibility index (Phi) is 10.4. The molecule has 0 saturated heterocycles. The van der Waals surface area contributed by atoms with Gasteiger partial charge in [0.25, 0.3) is 0 Å². The number of rotatable bonds is 12. The molecule has 0 amide bonds. The van der Waals surface area contributed by atoms with E-state index in [0.29, 0.717) is 18.8 Å². The summed E-state index contributed by atoms with van der Waals surface area (Å²) in [7, 11) is 0. The molecular weight excluding hydrogens is 450 g/mol. The number of hydrogen-bond acceptors (Lipinski definition) is 6. The molecule has 0 radical (unpaired) electrons. The molecule has 1 heterocycles. The number of carbonyl (C=O) groups is 1. The second-order valence-electron chi connectivity index (χ2n) is 8.45. The van der Waals surface area contributed by atoms with Crippen molar-refractivity contribution in [3.63, 3.8) is 0 Å². The molecule has 2 N–H and O–H groups in total. The SMILES string of the molecule is C=C(C)C(=O)OCCCCCCOc1ccc(NNc2ccc(C#Cc3ccccn3)c(C)c2)cc1. The fourth-order valence-electron chi connectivity index (χ4n) is 3.26. The first-order valence-electron chi connectivity index (χ1n) is 12.1. The minimum absolute atomic E-state index is 0.318. The van der Waals surface area contributed by atoms with Crippen molar-refractivity contribution in [2.75, 3.05) is 24.1 Å². The number of ether oxygens (including phenoxy) is 2. The quantitative estimate of drug-likeness (QED) is 0.104. The number of pyridine rings is 1. The third kappa shape index (κ3) is 9.19. The van der Waals surface area contributed by atoms with E-state index < -0.39 is 0 Å². The van der Waals surface area contributed by atoms with Gasteiger partial charge in [0.05, 0.1) is 24.6 Å². The second-order valence-corrected chi connectivity index (χ2v) is 8.45. The Morgan fingerprint density at radius 1 is 0.917 bits per heavy atom. The van der Waals surface area contributed by atoms with E-state index in [1.54, 1.807) is 13.1 Å². The van der Waals surface area contributed by atoms with Crippen LogP contribution in [-0.4, -0.2) is 24.2 Å². The first kappa shape index (κ1) is 26.4. The summed E-state index contributed by atoms with van der Waals surface area (Å²) in [6, 6.07) is 19.6. The monoisotopic (exact) mass is 483 g/mol. The van der Waals surface area contributed by atoms with Gasteiger partial charge in [0.15, 0.2) is 0 Å². The van der Waals surface area contributed by atoms with Crippen molar-refractivity contribution >= 4 is 17.3 Å². The molecule has 3 aromatic rings. The lowest BCUT2D eigenvalue weighted by molar-refractivity contribution is -0.139. The number of esters is 1. The molecule has 2 aromatic carbocycles. The van der Waals surface area contributed by atoms with Crippen LogP contribution in [0.4, 0.5) is 11.4 Å². The zero-order valence-electron chi connectivity index (χ0n) is 21.0.